The van der Waals surface area contributed by atoms with Gasteiger partial charge in [0.1, 0.15) is 11.5 Å². The number of carbonyl (C=O) groups is 1. The van der Waals surface area contributed by atoms with Crippen LogP contribution in [-0.2, 0) is 21.8 Å². The molecule has 232 valence electrons. The molecule has 0 aliphatic heterocycles. The molecule has 0 fully saturated rings. The minimum atomic E-state index is -2.33. The maximum absolute atomic E-state index is 8.33. The van der Waals surface area contributed by atoms with Crippen molar-refractivity contribution in [1.29, 1.82) is 0 Å². The monoisotopic (exact) mass is 646 g/mol. The number of hydrogen-bond donors (Lipinski definition) is 0. The number of rotatable bonds is 8. The molecule has 7 heteroatoms. The Kier molecular flexibility index (Phi) is 13.2. The van der Waals surface area contributed by atoms with E-state index in [1.54, 1.807) is 14.2 Å². The van der Waals surface area contributed by atoms with Gasteiger partial charge in [0, 0.05) is 0 Å². The summed E-state index contributed by atoms with van der Waals surface area (Å²) in [5, 5.41) is 16.7. The molecule has 0 heterocycles. The van der Waals surface area contributed by atoms with Crippen LogP contribution in [0, 0.1) is 0 Å². The SMILES string of the molecule is COc1ccc([S+](c2ccccc2)c2ccccc2)cc1.COc1ccc([S+](c2ccccc2)c2ccccc2)cc1.O=C([O-])[O-]. The van der Waals surface area contributed by atoms with Gasteiger partial charge in [0.25, 0.3) is 0 Å². The fourth-order valence-corrected chi connectivity index (χ4v) is 8.63. The number of carbonyl (C=O) groups excluding carboxylic acids is 1. The quantitative estimate of drug-likeness (QED) is 0.164. The molecule has 0 bridgehead atoms. The van der Waals surface area contributed by atoms with E-state index in [-0.39, 0.29) is 21.8 Å². The van der Waals surface area contributed by atoms with Gasteiger partial charge < -0.3 is 24.5 Å². The van der Waals surface area contributed by atoms with Crippen molar-refractivity contribution >= 4 is 27.9 Å². The van der Waals surface area contributed by atoms with Gasteiger partial charge in [-0.2, -0.15) is 0 Å². The first kappa shape index (κ1) is 33.8. The maximum atomic E-state index is 8.33. The lowest BCUT2D eigenvalue weighted by Gasteiger charge is -2.08. The molecule has 0 aliphatic carbocycles. The molecular formula is C39H34O5S2. The molecule has 0 atom stereocenters. The maximum Gasteiger partial charge on any atom is 0.166 e. The van der Waals surface area contributed by atoms with Crippen LogP contribution in [0.3, 0.4) is 0 Å². The van der Waals surface area contributed by atoms with Crippen LogP contribution in [0.2, 0.25) is 0 Å². The molecule has 6 rings (SSSR count). The van der Waals surface area contributed by atoms with Gasteiger partial charge in [-0.15, -0.1) is 0 Å². The normalized spacial score (nSPS) is 10.2. The lowest BCUT2D eigenvalue weighted by atomic mass is 10.3. The van der Waals surface area contributed by atoms with Crippen LogP contribution >= 0.6 is 0 Å². The lowest BCUT2D eigenvalue weighted by molar-refractivity contribution is -0.415. The highest BCUT2D eigenvalue weighted by molar-refractivity contribution is 7.97. The highest BCUT2D eigenvalue weighted by Gasteiger charge is 2.29. The van der Waals surface area contributed by atoms with Crippen LogP contribution in [-0.4, -0.2) is 20.4 Å². The van der Waals surface area contributed by atoms with E-state index in [0.717, 1.165) is 11.5 Å². The van der Waals surface area contributed by atoms with E-state index in [2.05, 4.69) is 146 Å². The summed E-state index contributed by atoms with van der Waals surface area (Å²) >= 11 is 0. The molecule has 0 radical (unpaired) electrons. The molecule has 0 spiro atoms. The second-order valence-corrected chi connectivity index (χ2v) is 13.5. The first-order chi connectivity index (χ1) is 22.5. The van der Waals surface area contributed by atoms with E-state index in [1.165, 1.54) is 29.4 Å². The van der Waals surface area contributed by atoms with Gasteiger partial charge in [-0.3, -0.25) is 0 Å². The summed E-state index contributed by atoms with van der Waals surface area (Å²) in [7, 11) is 3.23. The van der Waals surface area contributed by atoms with Crippen molar-refractivity contribution in [3.63, 3.8) is 0 Å². The largest absolute Gasteiger partial charge is 0.652 e. The fraction of sp³-hybridized carbons (Fsp3) is 0.0513. The number of hydrogen-bond acceptors (Lipinski definition) is 5. The Morgan fingerprint density at radius 2 is 0.587 bits per heavy atom. The van der Waals surface area contributed by atoms with Gasteiger partial charge in [-0.05, 0) is 103 Å². The Morgan fingerprint density at radius 1 is 0.391 bits per heavy atom. The minimum Gasteiger partial charge on any atom is -0.652 e. The van der Waals surface area contributed by atoms with E-state index >= 15 is 0 Å². The Balaban J connectivity index is 0.000000187. The Bertz CT molecular complexity index is 1510. The van der Waals surface area contributed by atoms with Crippen LogP contribution in [0.15, 0.2) is 199 Å². The molecule has 6 aromatic carbocycles. The highest BCUT2D eigenvalue weighted by Crippen LogP contribution is 2.33. The average Bonchev–Trinajstić information content (AvgIpc) is 3.11. The molecule has 5 nitrogen and oxygen atoms in total. The topological polar surface area (TPSA) is 81.7 Å². The highest BCUT2D eigenvalue weighted by atomic mass is 32.2. The summed E-state index contributed by atoms with van der Waals surface area (Å²) in [5.41, 5.74) is 0. The van der Waals surface area contributed by atoms with Crippen molar-refractivity contribution in [1.82, 2.24) is 0 Å². The predicted octanol–water partition coefficient (Wildman–Crippen LogP) is 7.13. The van der Waals surface area contributed by atoms with E-state index in [9.17, 15) is 0 Å². The zero-order valence-electron chi connectivity index (χ0n) is 25.5. The Labute approximate surface area is 276 Å². The summed E-state index contributed by atoms with van der Waals surface area (Å²) in [4.78, 5) is 16.2. The van der Waals surface area contributed by atoms with Crippen LogP contribution in [0.5, 0.6) is 11.5 Å². The van der Waals surface area contributed by atoms with Crippen molar-refractivity contribution in [2.75, 3.05) is 14.2 Å². The third-order valence-electron chi connectivity index (χ3n) is 6.51. The van der Waals surface area contributed by atoms with Crippen molar-refractivity contribution < 1.29 is 24.5 Å². The van der Waals surface area contributed by atoms with E-state index in [4.69, 9.17) is 24.5 Å². The molecule has 0 saturated carbocycles. The van der Waals surface area contributed by atoms with E-state index in [1.807, 2.05) is 24.3 Å². The van der Waals surface area contributed by atoms with Gasteiger partial charge in [-0.25, -0.2) is 0 Å². The fourth-order valence-electron chi connectivity index (χ4n) is 4.47. The zero-order valence-corrected chi connectivity index (χ0v) is 27.2. The van der Waals surface area contributed by atoms with Crippen molar-refractivity contribution in [3.05, 3.63) is 170 Å². The summed E-state index contributed by atoms with van der Waals surface area (Å²) in [6.45, 7) is 0. The molecule has 6 aromatic rings. The summed E-state index contributed by atoms with van der Waals surface area (Å²) in [6, 6.07) is 59.3. The Hall–Kier alpha value is -5.11. The second kappa shape index (κ2) is 18.0. The smallest absolute Gasteiger partial charge is 0.166 e. The third-order valence-corrected chi connectivity index (χ3v) is 11.0. The van der Waals surface area contributed by atoms with Crippen LogP contribution in [0.4, 0.5) is 4.79 Å². The number of carboxylic acid groups (broad SMARTS) is 2. The number of ether oxygens (including phenoxy) is 2. The molecule has 0 aromatic heterocycles. The zero-order chi connectivity index (χ0) is 32.6. The van der Waals surface area contributed by atoms with Crippen LogP contribution in [0.25, 0.3) is 0 Å². The van der Waals surface area contributed by atoms with Gasteiger partial charge in [0.2, 0.25) is 0 Å². The molecule has 0 saturated heterocycles. The first-order valence-corrected chi connectivity index (χ1v) is 16.8. The molecule has 0 unspecified atom stereocenters. The lowest BCUT2D eigenvalue weighted by Crippen LogP contribution is -2.37. The van der Waals surface area contributed by atoms with Crippen molar-refractivity contribution in [2.45, 2.75) is 29.4 Å². The van der Waals surface area contributed by atoms with E-state index < -0.39 is 6.16 Å². The standard InChI is InChI=1S/2C19H17OS.CH2O3/c2*1-20-16-12-14-19(15-13-16)21(17-8-4-2-5-9-17)18-10-6-3-7-11-18;2-1(3)4/h2*2-15H,1H3;(H2,2,3,4)/q2*+1;/p-2. The molecule has 0 N–H and O–H groups in total. The summed E-state index contributed by atoms with van der Waals surface area (Å²) < 4.78 is 10.5. The molecule has 0 amide bonds. The first-order valence-electron chi connectivity index (χ1n) is 14.3. The van der Waals surface area contributed by atoms with Crippen LogP contribution < -0.4 is 19.7 Å². The van der Waals surface area contributed by atoms with Gasteiger partial charge in [0.05, 0.1) is 36.0 Å². The third kappa shape index (κ3) is 9.95. The van der Waals surface area contributed by atoms with Crippen molar-refractivity contribution in [3.8, 4) is 11.5 Å². The molecule has 46 heavy (non-hydrogen) atoms. The van der Waals surface area contributed by atoms with Gasteiger partial charge in [-0.1, -0.05) is 72.8 Å². The van der Waals surface area contributed by atoms with E-state index in [0.29, 0.717) is 0 Å². The van der Waals surface area contributed by atoms with Gasteiger partial charge in [0.15, 0.2) is 29.4 Å². The molecular weight excluding hydrogens is 613 g/mol. The number of methoxy groups -OCH3 is 2. The Morgan fingerprint density at radius 3 is 0.783 bits per heavy atom. The minimum absolute atomic E-state index is 0.0804. The van der Waals surface area contributed by atoms with Gasteiger partial charge >= 0.3 is 0 Å². The number of benzene rings is 6. The average molecular weight is 647 g/mol. The summed E-state index contributed by atoms with van der Waals surface area (Å²) in [6.07, 6.45) is -2.33. The van der Waals surface area contributed by atoms with Crippen LogP contribution in [0.1, 0.15) is 0 Å². The summed E-state index contributed by atoms with van der Waals surface area (Å²) in [5.74, 6) is 1.78. The predicted molar refractivity (Wildman–Crippen MR) is 181 cm³/mol. The second-order valence-electron chi connectivity index (χ2n) is 9.47. The van der Waals surface area contributed by atoms with Crippen molar-refractivity contribution in [2.24, 2.45) is 0 Å². The molecule has 0 aliphatic rings.